The van der Waals surface area contributed by atoms with Crippen LogP contribution < -0.4 is 5.43 Å². The van der Waals surface area contributed by atoms with E-state index in [0.717, 1.165) is 37.5 Å². The fraction of sp³-hybridized carbons (Fsp3) is 0.250. The number of nitrogens with one attached hydrogen (secondary N) is 1. The second-order valence-corrected chi connectivity index (χ2v) is 5.40. The Labute approximate surface area is 110 Å². The number of benzene rings is 1. The first-order chi connectivity index (χ1) is 7.56. The standard InChI is InChI=1S/C12H11Br2NO/c1-3-7-6(2)15-11-9(14)5-4-8(13)10(11)12(7)16/h4-5H,3H2,1-2H3,(H,15,16). The molecule has 0 atom stereocenters. The van der Waals surface area contributed by atoms with Gasteiger partial charge in [-0.05, 0) is 57.3 Å². The van der Waals surface area contributed by atoms with Crippen LogP contribution in [-0.2, 0) is 6.42 Å². The molecule has 0 aliphatic heterocycles. The normalized spacial score (nSPS) is 11.0. The highest BCUT2D eigenvalue weighted by molar-refractivity contribution is 9.11. The molecule has 1 N–H and O–H groups in total. The highest BCUT2D eigenvalue weighted by atomic mass is 79.9. The van der Waals surface area contributed by atoms with E-state index in [-0.39, 0.29) is 5.43 Å². The van der Waals surface area contributed by atoms with Gasteiger partial charge in [-0.3, -0.25) is 4.79 Å². The molecule has 16 heavy (non-hydrogen) atoms. The molecule has 0 radical (unpaired) electrons. The molecule has 2 rings (SSSR count). The molecule has 2 nitrogen and oxygen atoms in total. The van der Waals surface area contributed by atoms with Crippen LogP contribution in [-0.4, -0.2) is 4.98 Å². The highest BCUT2D eigenvalue weighted by Crippen LogP contribution is 2.27. The summed E-state index contributed by atoms with van der Waals surface area (Å²) >= 11 is 6.88. The molecule has 2 aromatic rings. The number of H-pyrrole nitrogens is 1. The van der Waals surface area contributed by atoms with Gasteiger partial charge in [0.25, 0.3) is 0 Å². The molecule has 0 saturated heterocycles. The monoisotopic (exact) mass is 343 g/mol. The van der Waals surface area contributed by atoms with Gasteiger partial charge in [-0.2, -0.15) is 0 Å². The molecule has 84 valence electrons. The van der Waals surface area contributed by atoms with Crippen LogP contribution in [0, 0.1) is 6.92 Å². The van der Waals surface area contributed by atoms with Crippen molar-refractivity contribution in [3.8, 4) is 0 Å². The summed E-state index contributed by atoms with van der Waals surface area (Å²) in [6, 6.07) is 3.81. The van der Waals surface area contributed by atoms with Gasteiger partial charge >= 0.3 is 0 Å². The zero-order chi connectivity index (χ0) is 11.9. The van der Waals surface area contributed by atoms with Gasteiger partial charge < -0.3 is 4.98 Å². The molecule has 1 heterocycles. The van der Waals surface area contributed by atoms with Crippen LogP contribution in [0.3, 0.4) is 0 Å². The molecule has 0 bridgehead atoms. The van der Waals surface area contributed by atoms with Gasteiger partial charge in [-0.15, -0.1) is 0 Å². The molecule has 0 aliphatic rings. The van der Waals surface area contributed by atoms with Crippen molar-refractivity contribution >= 4 is 42.8 Å². The minimum absolute atomic E-state index is 0.113. The van der Waals surface area contributed by atoms with Crippen molar-refractivity contribution in [1.82, 2.24) is 4.98 Å². The molecule has 1 aromatic heterocycles. The zero-order valence-electron chi connectivity index (χ0n) is 9.03. The van der Waals surface area contributed by atoms with Crippen LogP contribution >= 0.6 is 31.9 Å². The fourth-order valence-corrected chi connectivity index (χ4v) is 2.85. The highest BCUT2D eigenvalue weighted by Gasteiger charge is 2.12. The number of aromatic amines is 1. The first-order valence-corrected chi connectivity index (χ1v) is 6.64. The number of rotatable bonds is 1. The van der Waals surface area contributed by atoms with E-state index in [2.05, 4.69) is 36.8 Å². The predicted molar refractivity (Wildman–Crippen MR) is 74.1 cm³/mol. The maximum atomic E-state index is 12.3. The second-order valence-electron chi connectivity index (χ2n) is 3.69. The molecule has 0 fully saturated rings. The van der Waals surface area contributed by atoms with Crippen LogP contribution in [0.2, 0.25) is 0 Å². The minimum Gasteiger partial charge on any atom is -0.357 e. The van der Waals surface area contributed by atoms with Crippen LogP contribution in [0.25, 0.3) is 10.9 Å². The van der Waals surface area contributed by atoms with Crippen molar-refractivity contribution in [2.45, 2.75) is 20.3 Å². The Kier molecular flexibility index (Phi) is 3.22. The maximum Gasteiger partial charge on any atom is 0.193 e. The van der Waals surface area contributed by atoms with Crippen molar-refractivity contribution < 1.29 is 0 Å². The van der Waals surface area contributed by atoms with Crippen LogP contribution in [0.5, 0.6) is 0 Å². The molecule has 0 unspecified atom stereocenters. The molecule has 1 aromatic carbocycles. The second kappa shape index (κ2) is 4.34. The van der Waals surface area contributed by atoms with Gasteiger partial charge in [-0.25, -0.2) is 0 Å². The number of aryl methyl sites for hydroxylation is 1. The molecule has 0 saturated carbocycles. The number of fused-ring (bicyclic) bond motifs is 1. The number of aromatic nitrogens is 1. The van der Waals surface area contributed by atoms with Gasteiger partial charge in [0.15, 0.2) is 5.43 Å². The summed E-state index contributed by atoms with van der Waals surface area (Å²) < 4.78 is 1.75. The largest absolute Gasteiger partial charge is 0.357 e. The van der Waals surface area contributed by atoms with Gasteiger partial charge in [0.2, 0.25) is 0 Å². The van der Waals surface area contributed by atoms with E-state index in [1.54, 1.807) is 0 Å². The molecule has 0 spiro atoms. The van der Waals surface area contributed by atoms with Gasteiger partial charge in [0.05, 0.1) is 10.9 Å². The SMILES string of the molecule is CCc1c(C)[nH]c2c(Br)ccc(Br)c2c1=O. The Bertz CT molecular complexity index is 616. The first-order valence-electron chi connectivity index (χ1n) is 5.05. The van der Waals surface area contributed by atoms with E-state index in [1.165, 1.54) is 0 Å². The van der Waals surface area contributed by atoms with E-state index in [1.807, 2.05) is 26.0 Å². The molecule has 4 heteroatoms. The minimum atomic E-state index is 0.113. The van der Waals surface area contributed by atoms with E-state index >= 15 is 0 Å². The van der Waals surface area contributed by atoms with Crippen LogP contribution in [0.1, 0.15) is 18.2 Å². The van der Waals surface area contributed by atoms with Crippen molar-refractivity contribution in [1.29, 1.82) is 0 Å². The summed E-state index contributed by atoms with van der Waals surface area (Å²) in [5.74, 6) is 0. The zero-order valence-corrected chi connectivity index (χ0v) is 12.2. The topological polar surface area (TPSA) is 32.9 Å². The number of hydrogen-bond acceptors (Lipinski definition) is 1. The molecule has 0 amide bonds. The number of halogens is 2. The van der Waals surface area contributed by atoms with Crippen LogP contribution in [0.15, 0.2) is 25.9 Å². The summed E-state index contributed by atoms with van der Waals surface area (Å²) in [7, 11) is 0. The Morgan fingerprint density at radius 3 is 2.50 bits per heavy atom. The third-order valence-corrected chi connectivity index (χ3v) is 4.05. The van der Waals surface area contributed by atoms with Gasteiger partial charge in [0.1, 0.15) is 0 Å². The molecular weight excluding hydrogens is 334 g/mol. The molecule has 0 aliphatic carbocycles. The lowest BCUT2D eigenvalue weighted by Gasteiger charge is -2.08. The van der Waals surface area contributed by atoms with Gasteiger partial charge in [-0.1, -0.05) is 6.92 Å². The molecular formula is C12H11Br2NO. The lowest BCUT2D eigenvalue weighted by molar-refractivity contribution is 1.05. The van der Waals surface area contributed by atoms with E-state index in [9.17, 15) is 4.79 Å². The first kappa shape index (κ1) is 11.9. The van der Waals surface area contributed by atoms with Gasteiger partial charge in [0, 0.05) is 20.2 Å². The third kappa shape index (κ3) is 1.74. The Morgan fingerprint density at radius 1 is 1.25 bits per heavy atom. The Hall–Kier alpha value is -0.610. The van der Waals surface area contributed by atoms with Crippen molar-refractivity contribution in [3.63, 3.8) is 0 Å². The van der Waals surface area contributed by atoms with E-state index in [4.69, 9.17) is 0 Å². The van der Waals surface area contributed by atoms with Crippen molar-refractivity contribution in [2.75, 3.05) is 0 Å². The van der Waals surface area contributed by atoms with Crippen molar-refractivity contribution in [3.05, 3.63) is 42.6 Å². The average molecular weight is 345 g/mol. The van der Waals surface area contributed by atoms with E-state index < -0.39 is 0 Å². The van der Waals surface area contributed by atoms with Crippen molar-refractivity contribution in [2.24, 2.45) is 0 Å². The number of hydrogen-bond donors (Lipinski definition) is 1. The maximum absolute atomic E-state index is 12.3. The fourth-order valence-electron chi connectivity index (χ4n) is 1.91. The smallest absolute Gasteiger partial charge is 0.193 e. The average Bonchev–Trinajstić information content (AvgIpc) is 2.24. The quantitative estimate of drug-likeness (QED) is 0.835. The lowest BCUT2D eigenvalue weighted by atomic mass is 10.1. The summed E-state index contributed by atoms with van der Waals surface area (Å²) in [5.41, 5.74) is 2.76. The lowest BCUT2D eigenvalue weighted by Crippen LogP contribution is -2.13. The summed E-state index contributed by atoms with van der Waals surface area (Å²) in [5, 5.41) is 0.719. The van der Waals surface area contributed by atoms with E-state index in [0.29, 0.717) is 0 Å². The summed E-state index contributed by atoms with van der Waals surface area (Å²) in [4.78, 5) is 15.6. The third-order valence-electron chi connectivity index (χ3n) is 2.72. The number of pyridine rings is 1. The predicted octanol–water partition coefficient (Wildman–Crippen LogP) is 3.92. The Balaban J connectivity index is 3.05. The van der Waals surface area contributed by atoms with Crippen LogP contribution in [0.4, 0.5) is 0 Å². The summed E-state index contributed by atoms with van der Waals surface area (Å²) in [6.45, 7) is 3.93. The Morgan fingerprint density at radius 2 is 1.88 bits per heavy atom. The summed E-state index contributed by atoms with van der Waals surface area (Å²) in [6.07, 6.45) is 0.746.